The molecule has 0 radical (unpaired) electrons. The Kier molecular flexibility index (Phi) is 4.81. The van der Waals surface area contributed by atoms with Gasteiger partial charge in [0, 0.05) is 12.1 Å². The van der Waals surface area contributed by atoms with E-state index in [0.29, 0.717) is 12.0 Å². The SMILES string of the molecule is CC(NC(C)c1ccc(C(C)C)cc1)C(=O)NC1CC1. The molecule has 0 aromatic heterocycles. The minimum Gasteiger partial charge on any atom is -0.352 e. The number of rotatable bonds is 6. The van der Waals surface area contributed by atoms with Gasteiger partial charge < -0.3 is 5.32 Å². The normalized spacial score (nSPS) is 17.9. The molecule has 1 aromatic carbocycles. The molecule has 3 nitrogen and oxygen atoms in total. The van der Waals surface area contributed by atoms with Crippen molar-refractivity contribution in [3.63, 3.8) is 0 Å². The van der Waals surface area contributed by atoms with Crippen molar-refractivity contribution in [3.8, 4) is 0 Å². The molecule has 110 valence electrons. The molecular weight excluding hydrogens is 248 g/mol. The van der Waals surface area contributed by atoms with Crippen LogP contribution < -0.4 is 10.6 Å². The number of hydrogen-bond donors (Lipinski definition) is 2. The molecule has 2 N–H and O–H groups in total. The predicted octanol–water partition coefficient (Wildman–Crippen LogP) is 3.13. The standard InChI is InChI=1S/C17H26N2O/c1-11(2)14-5-7-15(8-6-14)12(3)18-13(4)17(20)19-16-9-10-16/h5-8,11-13,16,18H,9-10H2,1-4H3,(H,19,20). The first-order valence-corrected chi connectivity index (χ1v) is 7.63. The van der Waals surface area contributed by atoms with Gasteiger partial charge >= 0.3 is 0 Å². The van der Waals surface area contributed by atoms with Gasteiger partial charge in [0.1, 0.15) is 0 Å². The lowest BCUT2D eigenvalue weighted by Crippen LogP contribution is -2.43. The molecule has 3 heteroatoms. The Labute approximate surface area is 122 Å². The molecule has 0 saturated heterocycles. The number of hydrogen-bond acceptors (Lipinski definition) is 2. The van der Waals surface area contributed by atoms with Crippen LogP contribution in [-0.2, 0) is 4.79 Å². The van der Waals surface area contributed by atoms with E-state index >= 15 is 0 Å². The van der Waals surface area contributed by atoms with Gasteiger partial charge in [0.15, 0.2) is 0 Å². The lowest BCUT2D eigenvalue weighted by molar-refractivity contribution is -0.123. The first-order chi connectivity index (χ1) is 9.47. The van der Waals surface area contributed by atoms with Gasteiger partial charge in [-0.2, -0.15) is 0 Å². The number of benzene rings is 1. The third-order valence-electron chi connectivity index (χ3n) is 3.92. The molecule has 0 aliphatic heterocycles. The van der Waals surface area contributed by atoms with Gasteiger partial charge in [-0.3, -0.25) is 10.1 Å². The van der Waals surface area contributed by atoms with E-state index in [1.54, 1.807) is 0 Å². The van der Waals surface area contributed by atoms with Gasteiger partial charge in [0.05, 0.1) is 6.04 Å². The Balaban J connectivity index is 1.89. The second-order valence-corrected chi connectivity index (χ2v) is 6.21. The summed E-state index contributed by atoms with van der Waals surface area (Å²) in [5.74, 6) is 0.661. The summed E-state index contributed by atoms with van der Waals surface area (Å²) in [7, 11) is 0. The average molecular weight is 274 g/mol. The zero-order chi connectivity index (χ0) is 14.7. The molecule has 1 fully saturated rings. The smallest absolute Gasteiger partial charge is 0.237 e. The van der Waals surface area contributed by atoms with Crippen LogP contribution in [0.25, 0.3) is 0 Å². The molecule has 0 spiro atoms. The first kappa shape index (κ1) is 15.0. The molecule has 2 atom stereocenters. The van der Waals surface area contributed by atoms with Gasteiger partial charge in [0.2, 0.25) is 5.91 Å². The lowest BCUT2D eigenvalue weighted by Gasteiger charge is -2.20. The summed E-state index contributed by atoms with van der Waals surface area (Å²) < 4.78 is 0. The van der Waals surface area contributed by atoms with Crippen LogP contribution in [0.1, 0.15) is 63.6 Å². The van der Waals surface area contributed by atoms with E-state index in [4.69, 9.17) is 0 Å². The lowest BCUT2D eigenvalue weighted by atomic mass is 9.99. The third kappa shape index (κ3) is 4.07. The minimum absolute atomic E-state index is 0.109. The molecule has 0 heterocycles. The maximum atomic E-state index is 11.9. The summed E-state index contributed by atoms with van der Waals surface area (Å²) in [4.78, 5) is 11.9. The summed E-state index contributed by atoms with van der Waals surface area (Å²) in [5.41, 5.74) is 2.57. The van der Waals surface area contributed by atoms with Gasteiger partial charge in [-0.05, 0) is 43.7 Å². The summed E-state index contributed by atoms with van der Waals surface area (Å²) in [5, 5.41) is 6.40. The average Bonchev–Trinajstić information content (AvgIpc) is 3.22. The van der Waals surface area contributed by atoms with Crippen LogP contribution in [0.2, 0.25) is 0 Å². The van der Waals surface area contributed by atoms with E-state index in [2.05, 4.69) is 55.7 Å². The van der Waals surface area contributed by atoms with Crippen molar-refractivity contribution < 1.29 is 4.79 Å². The van der Waals surface area contributed by atoms with Crippen molar-refractivity contribution in [3.05, 3.63) is 35.4 Å². The molecule has 1 saturated carbocycles. The zero-order valence-electron chi connectivity index (χ0n) is 12.9. The Hall–Kier alpha value is -1.35. The van der Waals surface area contributed by atoms with Gasteiger partial charge in [-0.25, -0.2) is 0 Å². The number of carbonyl (C=O) groups is 1. The highest BCUT2D eigenvalue weighted by atomic mass is 16.2. The summed E-state index contributed by atoms with van der Waals surface area (Å²) in [6.07, 6.45) is 2.26. The zero-order valence-corrected chi connectivity index (χ0v) is 12.9. The Morgan fingerprint density at radius 3 is 2.10 bits per heavy atom. The molecule has 0 bridgehead atoms. The van der Waals surface area contributed by atoms with E-state index in [1.807, 2.05) is 6.92 Å². The van der Waals surface area contributed by atoms with Crippen molar-refractivity contribution >= 4 is 5.91 Å². The molecule has 2 unspecified atom stereocenters. The van der Waals surface area contributed by atoms with Crippen LogP contribution in [0.15, 0.2) is 24.3 Å². The van der Waals surface area contributed by atoms with Crippen molar-refractivity contribution in [1.29, 1.82) is 0 Å². The fourth-order valence-electron chi connectivity index (χ4n) is 2.27. The van der Waals surface area contributed by atoms with Crippen molar-refractivity contribution in [2.45, 2.75) is 64.6 Å². The quantitative estimate of drug-likeness (QED) is 0.837. The summed E-state index contributed by atoms with van der Waals surface area (Å²) in [6.45, 7) is 8.42. The Morgan fingerprint density at radius 1 is 1.05 bits per heavy atom. The monoisotopic (exact) mass is 274 g/mol. The van der Waals surface area contributed by atoms with E-state index in [-0.39, 0.29) is 18.0 Å². The molecule has 1 aliphatic rings. The van der Waals surface area contributed by atoms with Gasteiger partial charge in [-0.1, -0.05) is 38.1 Å². The largest absolute Gasteiger partial charge is 0.352 e. The third-order valence-corrected chi connectivity index (χ3v) is 3.92. The van der Waals surface area contributed by atoms with Gasteiger partial charge in [0.25, 0.3) is 0 Å². The highest BCUT2D eigenvalue weighted by Crippen LogP contribution is 2.20. The Morgan fingerprint density at radius 2 is 1.60 bits per heavy atom. The van der Waals surface area contributed by atoms with Crippen molar-refractivity contribution in [2.75, 3.05) is 0 Å². The maximum Gasteiger partial charge on any atom is 0.237 e. The second-order valence-electron chi connectivity index (χ2n) is 6.21. The fourth-order valence-corrected chi connectivity index (χ4v) is 2.27. The van der Waals surface area contributed by atoms with Gasteiger partial charge in [-0.15, -0.1) is 0 Å². The Bertz CT molecular complexity index is 449. The van der Waals surface area contributed by atoms with E-state index in [0.717, 1.165) is 12.8 Å². The molecule has 1 amide bonds. The second kappa shape index (κ2) is 6.40. The number of amides is 1. The molecule has 2 rings (SSSR count). The highest BCUT2D eigenvalue weighted by molar-refractivity contribution is 5.81. The molecule has 1 aromatic rings. The maximum absolute atomic E-state index is 11.9. The van der Waals surface area contributed by atoms with Crippen LogP contribution in [0.3, 0.4) is 0 Å². The molecule has 1 aliphatic carbocycles. The predicted molar refractivity (Wildman–Crippen MR) is 82.7 cm³/mol. The van der Waals surface area contributed by atoms with E-state index in [1.165, 1.54) is 11.1 Å². The molecular formula is C17H26N2O. The van der Waals surface area contributed by atoms with E-state index in [9.17, 15) is 4.79 Å². The highest BCUT2D eigenvalue weighted by Gasteiger charge is 2.26. The number of nitrogens with one attached hydrogen (secondary N) is 2. The van der Waals surface area contributed by atoms with Crippen molar-refractivity contribution in [2.24, 2.45) is 0 Å². The van der Waals surface area contributed by atoms with Crippen LogP contribution in [0.5, 0.6) is 0 Å². The van der Waals surface area contributed by atoms with Crippen molar-refractivity contribution in [1.82, 2.24) is 10.6 Å². The van der Waals surface area contributed by atoms with Crippen LogP contribution >= 0.6 is 0 Å². The van der Waals surface area contributed by atoms with Crippen LogP contribution in [0, 0.1) is 0 Å². The topological polar surface area (TPSA) is 41.1 Å². The first-order valence-electron chi connectivity index (χ1n) is 7.63. The summed E-state index contributed by atoms with van der Waals surface area (Å²) >= 11 is 0. The van der Waals surface area contributed by atoms with Crippen LogP contribution in [-0.4, -0.2) is 18.0 Å². The molecule has 20 heavy (non-hydrogen) atoms. The fraction of sp³-hybridized carbons (Fsp3) is 0.588. The summed E-state index contributed by atoms with van der Waals surface area (Å²) in [6, 6.07) is 9.09. The number of carbonyl (C=O) groups excluding carboxylic acids is 1. The minimum atomic E-state index is -0.157. The van der Waals surface area contributed by atoms with Crippen LogP contribution in [0.4, 0.5) is 0 Å². The van der Waals surface area contributed by atoms with E-state index < -0.39 is 0 Å².